The summed E-state index contributed by atoms with van der Waals surface area (Å²) in [5.74, 6) is 0. The van der Waals surface area contributed by atoms with Crippen LogP contribution in [0.3, 0.4) is 0 Å². The molecule has 0 aromatic rings. The van der Waals surface area contributed by atoms with Crippen LogP contribution in [0.15, 0.2) is 0 Å². The highest BCUT2D eigenvalue weighted by Gasteiger charge is 1.88. The van der Waals surface area contributed by atoms with Crippen molar-refractivity contribution in [2.75, 3.05) is 13.6 Å². The molecule has 0 rings (SSSR count). The van der Waals surface area contributed by atoms with E-state index in [4.69, 9.17) is 0 Å². The summed E-state index contributed by atoms with van der Waals surface area (Å²) < 4.78 is 0. The van der Waals surface area contributed by atoms with Crippen LogP contribution in [-0.2, 0) is 0 Å². The molecule has 2 heteroatoms. The van der Waals surface area contributed by atoms with E-state index in [1.165, 1.54) is 6.42 Å². The van der Waals surface area contributed by atoms with Crippen LogP contribution >= 0.6 is 9.24 Å². The van der Waals surface area contributed by atoms with Gasteiger partial charge in [-0.1, -0.05) is 6.92 Å². The maximum absolute atomic E-state index is 3.09. The van der Waals surface area contributed by atoms with Crippen molar-refractivity contribution >= 4 is 9.24 Å². The summed E-state index contributed by atoms with van der Waals surface area (Å²) >= 11 is 0. The van der Waals surface area contributed by atoms with Gasteiger partial charge >= 0.3 is 0 Å². The molecule has 1 N–H and O–H groups in total. The molecule has 0 radical (unpaired) electrons. The molecule has 0 bridgehead atoms. The van der Waals surface area contributed by atoms with E-state index in [1.807, 2.05) is 7.05 Å². The van der Waals surface area contributed by atoms with Crippen LogP contribution in [-0.4, -0.2) is 19.3 Å². The van der Waals surface area contributed by atoms with E-state index in [1.54, 1.807) is 0 Å². The van der Waals surface area contributed by atoms with Gasteiger partial charge in [0, 0.05) is 0 Å². The van der Waals surface area contributed by atoms with Gasteiger partial charge < -0.3 is 5.32 Å². The van der Waals surface area contributed by atoms with E-state index < -0.39 is 0 Å². The van der Waals surface area contributed by atoms with Crippen LogP contribution in [0.2, 0.25) is 0 Å². The first kappa shape index (κ1) is 7.39. The molecule has 0 fully saturated rings. The third kappa shape index (κ3) is 6.39. The van der Waals surface area contributed by atoms with Gasteiger partial charge in [0.15, 0.2) is 0 Å². The zero-order chi connectivity index (χ0) is 5.70. The van der Waals surface area contributed by atoms with Crippen LogP contribution < -0.4 is 5.32 Å². The first-order chi connectivity index (χ1) is 3.27. The monoisotopic (exact) mass is 119 g/mol. The molecule has 0 aromatic carbocycles. The first-order valence-corrected chi connectivity index (χ1v) is 3.34. The van der Waals surface area contributed by atoms with Gasteiger partial charge in [0.1, 0.15) is 0 Å². The number of hydrogen-bond donors (Lipinski definition) is 1. The Morgan fingerprint density at radius 1 is 1.71 bits per heavy atom. The quantitative estimate of drug-likeness (QED) is 0.543. The van der Waals surface area contributed by atoms with Crippen LogP contribution in [0.25, 0.3) is 0 Å². The van der Waals surface area contributed by atoms with Gasteiger partial charge in [-0.25, -0.2) is 0 Å². The van der Waals surface area contributed by atoms with Crippen molar-refractivity contribution in [3.05, 3.63) is 0 Å². The fraction of sp³-hybridized carbons (Fsp3) is 1.00. The molecule has 0 spiro atoms. The second-order valence-corrected chi connectivity index (χ2v) is 3.01. The molecule has 0 aliphatic heterocycles. The zero-order valence-electron chi connectivity index (χ0n) is 5.07. The average molecular weight is 119 g/mol. The summed E-state index contributed by atoms with van der Waals surface area (Å²) in [7, 11) is 4.75. The lowest BCUT2D eigenvalue weighted by Crippen LogP contribution is -2.10. The van der Waals surface area contributed by atoms with Crippen LogP contribution in [0.5, 0.6) is 0 Å². The van der Waals surface area contributed by atoms with Crippen molar-refractivity contribution in [1.82, 2.24) is 5.32 Å². The smallest absolute Gasteiger partial charge is 0.00462 e. The molecule has 0 aromatic heterocycles. The Bertz CT molecular complexity index is 37.1. The molecule has 0 aliphatic rings. The summed E-state index contributed by atoms with van der Waals surface area (Å²) in [5.41, 5.74) is 0.757. The lowest BCUT2D eigenvalue weighted by atomic mass is 10.3. The van der Waals surface area contributed by atoms with E-state index in [0.29, 0.717) is 0 Å². The Morgan fingerprint density at radius 3 is 2.43 bits per heavy atom. The molecule has 0 amide bonds. The Kier molecular flexibility index (Phi) is 4.80. The highest BCUT2D eigenvalue weighted by atomic mass is 31.0. The fourth-order valence-corrected chi connectivity index (χ4v) is 0.539. The Morgan fingerprint density at radius 2 is 2.29 bits per heavy atom. The van der Waals surface area contributed by atoms with E-state index >= 15 is 0 Å². The Balaban J connectivity index is 2.68. The third-order valence-electron chi connectivity index (χ3n) is 0.850. The van der Waals surface area contributed by atoms with Crippen molar-refractivity contribution in [2.45, 2.75) is 19.0 Å². The molecular formula is C5H14NP. The zero-order valence-corrected chi connectivity index (χ0v) is 6.22. The van der Waals surface area contributed by atoms with Gasteiger partial charge in [-0.2, -0.15) is 0 Å². The van der Waals surface area contributed by atoms with Crippen LogP contribution in [0.4, 0.5) is 0 Å². The van der Waals surface area contributed by atoms with Gasteiger partial charge in [0.25, 0.3) is 0 Å². The molecule has 0 saturated heterocycles. The standard InChI is InChI=1S/C5H14NP/c1-5(7)3-4-6-2/h5-6H,3-4,7H2,1-2H3. The van der Waals surface area contributed by atoms with E-state index in [2.05, 4.69) is 21.5 Å². The van der Waals surface area contributed by atoms with E-state index in [9.17, 15) is 0 Å². The van der Waals surface area contributed by atoms with E-state index in [0.717, 1.165) is 12.2 Å². The SMILES string of the molecule is CNCCC(C)P. The van der Waals surface area contributed by atoms with Crippen LogP contribution in [0, 0.1) is 0 Å². The predicted molar refractivity (Wildman–Crippen MR) is 37.7 cm³/mol. The lowest BCUT2D eigenvalue weighted by molar-refractivity contribution is 0.721. The van der Waals surface area contributed by atoms with Gasteiger partial charge in [-0.3, -0.25) is 0 Å². The van der Waals surface area contributed by atoms with Crippen molar-refractivity contribution in [1.29, 1.82) is 0 Å². The maximum Gasteiger partial charge on any atom is -0.00462 e. The molecule has 7 heavy (non-hydrogen) atoms. The summed E-state index contributed by atoms with van der Waals surface area (Å²) in [6.07, 6.45) is 1.25. The van der Waals surface area contributed by atoms with Gasteiger partial charge in [-0.05, 0) is 25.7 Å². The molecule has 1 nitrogen and oxygen atoms in total. The predicted octanol–water partition coefficient (Wildman–Crippen LogP) is 0.859. The molecule has 0 heterocycles. The van der Waals surface area contributed by atoms with Crippen molar-refractivity contribution in [3.63, 3.8) is 0 Å². The number of hydrogen-bond acceptors (Lipinski definition) is 1. The largest absolute Gasteiger partial charge is 0.320 e. The van der Waals surface area contributed by atoms with Gasteiger partial charge in [-0.15, -0.1) is 9.24 Å². The summed E-state index contributed by atoms with van der Waals surface area (Å²) in [4.78, 5) is 0. The molecular weight excluding hydrogens is 105 g/mol. The second kappa shape index (κ2) is 4.55. The number of rotatable bonds is 3. The topological polar surface area (TPSA) is 12.0 Å². The van der Waals surface area contributed by atoms with Crippen LogP contribution in [0.1, 0.15) is 13.3 Å². The van der Waals surface area contributed by atoms with Crippen molar-refractivity contribution < 1.29 is 0 Å². The highest BCUT2D eigenvalue weighted by Crippen LogP contribution is 2.00. The normalized spacial score (nSPS) is 14.1. The first-order valence-electron chi connectivity index (χ1n) is 2.67. The minimum absolute atomic E-state index is 0.757. The van der Waals surface area contributed by atoms with Gasteiger partial charge in [0.2, 0.25) is 0 Å². The lowest BCUT2D eigenvalue weighted by Gasteiger charge is -2.00. The van der Waals surface area contributed by atoms with Crippen molar-refractivity contribution in [2.24, 2.45) is 0 Å². The summed E-state index contributed by atoms with van der Waals surface area (Å²) in [6.45, 7) is 3.33. The molecule has 2 atom stereocenters. The van der Waals surface area contributed by atoms with E-state index in [-0.39, 0.29) is 0 Å². The second-order valence-electron chi connectivity index (χ2n) is 1.87. The van der Waals surface area contributed by atoms with Crippen molar-refractivity contribution in [3.8, 4) is 0 Å². The van der Waals surface area contributed by atoms with Gasteiger partial charge in [0.05, 0.1) is 0 Å². The molecule has 0 aliphatic carbocycles. The average Bonchev–Trinajstić information content (AvgIpc) is 1.61. The summed E-state index contributed by atoms with van der Waals surface area (Å²) in [5, 5.41) is 3.09. The Labute approximate surface area is 48.1 Å². The minimum Gasteiger partial charge on any atom is -0.320 e. The molecule has 44 valence electrons. The minimum atomic E-state index is 0.757. The summed E-state index contributed by atoms with van der Waals surface area (Å²) in [6, 6.07) is 0. The Hall–Kier alpha value is 0.390. The molecule has 2 unspecified atom stereocenters. The molecule has 0 saturated carbocycles. The highest BCUT2D eigenvalue weighted by molar-refractivity contribution is 7.17. The number of nitrogens with one attached hydrogen (secondary N) is 1. The maximum atomic E-state index is 3.09. The third-order valence-corrected chi connectivity index (χ3v) is 1.18. The fourth-order valence-electron chi connectivity index (χ4n) is 0.372.